The third-order valence-corrected chi connectivity index (χ3v) is 3.83. The molecule has 3 N–H and O–H groups in total. The van der Waals surface area contributed by atoms with Crippen LogP contribution in [0.1, 0.15) is 32.2 Å². The second-order valence-electron chi connectivity index (χ2n) is 6.01. The number of alkyl halides is 2. The normalized spacial score (nSPS) is 11.7. The van der Waals surface area contributed by atoms with Gasteiger partial charge in [-0.3, -0.25) is 4.79 Å². The van der Waals surface area contributed by atoms with Gasteiger partial charge < -0.3 is 15.6 Å². The molecule has 0 aromatic carbocycles. The summed E-state index contributed by atoms with van der Waals surface area (Å²) in [6.45, 7) is 4.07. The topological polar surface area (TPSA) is 98.7 Å². The van der Waals surface area contributed by atoms with Gasteiger partial charge in [-0.05, 0) is 12.0 Å². The molecule has 0 radical (unpaired) electrons. The van der Waals surface area contributed by atoms with Crippen molar-refractivity contribution < 1.29 is 13.6 Å². The number of aromatic nitrogens is 4. The number of nitrogens with zero attached hydrogens (tertiary/aromatic N) is 4. The van der Waals surface area contributed by atoms with E-state index in [0.717, 1.165) is 17.9 Å². The lowest BCUT2D eigenvalue weighted by Gasteiger charge is -2.12. The number of hydrogen-bond acceptors (Lipinski definition) is 5. The Morgan fingerprint density at radius 1 is 1.35 bits per heavy atom. The fourth-order valence-electron chi connectivity index (χ4n) is 2.68. The van der Waals surface area contributed by atoms with Gasteiger partial charge in [0.1, 0.15) is 17.5 Å². The van der Waals surface area contributed by atoms with Crippen LogP contribution in [0.3, 0.4) is 0 Å². The van der Waals surface area contributed by atoms with Crippen LogP contribution in [-0.2, 0) is 17.1 Å². The summed E-state index contributed by atoms with van der Waals surface area (Å²) in [6, 6.07) is 3.09. The SMILES string of the molecule is CCc1cn(-c2cc(N)nc(C(C)(F)F)n2)c2cc(NC(C)=O)ncc12. The number of pyridine rings is 1. The summed E-state index contributed by atoms with van der Waals surface area (Å²) in [5, 5.41) is 3.45. The van der Waals surface area contributed by atoms with Crippen LogP contribution in [0.4, 0.5) is 20.4 Å². The lowest BCUT2D eigenvalue weighted by Crippen LogP contribution is -2.15. The number of aryl methyl sites for hydroxylation is 1. The zero-order valence-corrected chi connectivity index (χ0v) is 14.5. The van der Waals surface area contributed by atoms with Gasteiger partial charge in [-0.2, -0.15) is 8.78 Å². The van der Waals surface area contributed by atoms with Crippen LogP contribution in [0, 0.1) is 0 Å². The number of amides is 1. The van der Waals surface area contributed by atoms with E-state index in [4.69, 9.17) is 5.73 Å². The van der Waals surface area contributed by atoms with Crippen molar-refractivity contribution >= 4 is 28.4 Å². The highest BCUT2D eigenvalue weighted by molar-refractivity contribution is 5.92. The van der Waals surface area contributed by atoms with E-state index in [0.29, 0.717) is 17.8 Å². The first-order valence-corrected chi connectivity index (χ1v) is 8.00. The van der Waals surface area contributed by atoms with Crippen LogP contribution in [0.25, 0.3) is 16.7 Å². The maximum Gasteiger partial charge on any atom is 0.303 e. The highest BCUT2D eigenvalue weighted by atomic mass is 19.3. The Labute approximate surface area is 148 Å². The molecule has 9 heteroatoms. The molecule has 3 rings (SSSR count). The second-order valence-corrected chi connectivity index (χ2v) is 6.01. The van der Waals surface area contributed by atoms with Crippen molar-refractivity contribution in [3.63, 3.8) is 0 Å². The minimum absolute atomic E-state index is 0.0532. The summed E-state index contributed by atoms with van der Waals surface area (Å²) in [5.41, 5.74) is 7.34. The van der Waals surface area contributed by atoms with E-state index >= 15 is 0 Å². The van der Waals surface area contributed by atoms with Crippen molar-refractivity contribution in [3.05, 3.63) is 35.9 Å². The molecule has 7 nitrogen and oxygen atoms in total. The van der Waals surface area contributed by atoms with Crippen molar-refractivity contribution in [2.75, 3.05) is 11.1 Å². The van der Waals surface area contributed by atoms with E-state index in [1.807, 2.05) is 6.92 Å². The Kier molecular flexibility index (Phi) is 4.31. The predicted molar refractivity (Wildman–Crippen MR) is 94.3 cm³/mol. The summed E-state index contributed by atoms with van der Waals surface area (Å²) >= 11 is 0. The van der Waals surface area contributed by atoms with E-state index < -0.39 is 11.7 Å². The highest BCUT2D eigenvalue weighted by Gasteiger charge is 2.29. The standard InChI is InChI=1S/C17H18F2N6O/c1-4-10-8-25(12-5-14(22-9(2)26)21-7-11(10)12)15-6-13(20)23-16(24-15)17(3,18)19/h5-8H,4H2,1-3H3,(H2,20,23,24)(H,21,22,26). The van der Waals surface area contributed by atoms with Gasteiger partial charge in [-0.25, -0.2) is 15.0 Å². The molecular weight excluding hydrogens is 342 g/mol. The van der Waals surface area contributed by atoms with Crippen LogP contribution in [0.5, 0.6) is 0 Å². The molecule has 3 aromatic rings. The molecule has 0 aliphatic rings. The van der Waals surface area contributed by atoms with Crippen LogP contribution < -0.4 is 11.1 Å². The monoisotopic (exact) mass is 360 g/mol. The van der Waals surface area contributed by atoms with Crippen molar-refractivity contribution in [1.29, 1.82) is 0 Å². The number of carbonyl (C=O) groups excluding carboxylic acids is 1. The highest BCUT2D eigenvalue weighted by Crippen LogP contribution is 2.29. The first-order valence-electron chi connectivity index (χ1n) is 8.00. The smallest absolute Gasteiger partial charge is 0.303 e. The molecular formula is C17H18F2N6O. The lowest BCUT2D eigenvalue weighted by molar-refractivity contribution is -0.114. The molecule has 26 heavy (non-hydrogen) atoms. The van der Waals surface area contributed by atoms with Crippen molar-refractivity contribution in [2.45, 2.75) is 33.1 Å². The quantitative estimate of drug-likeness (QED) is 0.745. The molecule has 3 heterocycles. The minimum atomic E-state index is -3.22. The van der Waals surface area contributed by atoms with Gasteiger partial charge in [-0.15, -0.1) is 0 Å². The molecule has 0 bridgehead atoms. The molecule has 3 aromatic heterocycles. The first kappa shape index (κ1) is 17.7. The van der Waals surface area contributed by atoms with Crippen LogP contribution >= 0.6 is 0 Å². The number of rotatable bonds is 4. The Morgan fingerprint density at radius 2 is 2.08 bits per heavy atom. The van der Waals surface area contributed by atoms with Gasteiger partial charge in [0.05, 0.1) is 5.52 Å². The van der Waals surface area contributed by atoms with Gasteiger partial charge in [0.2, 0.25) is 11.7 Å². The molecule has 0 atom stereocenters. The van der Waals surface area contributed by atoms with Crippen molar-refractivity contribution in [3.8, 4) is 5.82 Å². The predicted octanol–water partition coefficient (Wildman–Crippen LogP) is 3.03. The maximum atomic E-state index is 13.7. The summed E-state index contributed by atoms with van der Waals surface area (Å²) in [7, 11) is 0. The molecule has 0 aliphatic heterocycles. The van der Waals surface area contributed by atoms with E-state index in [1.54, 1.807) is 23.0 Å². The number of anilines is 2. The largest absolute Gasteiger partial charge is 0.384 e. The third-order valence-electron chi connectivity index (χ3n) is 3.83. The summed E-state index contributed by atoms with van der Waals surface area (Å²) < 4.78 is 29.0. The maximum absolute atomic E-state index is 13.7. The molecule has 0 spiro atoms. The second kappa shape index (κ2) is 6.32. The van der Waals surface area contributed by atoms with Gasteiger partial charge in [0, 0.05) is 43.8 Å². The number of nitrogen functional groups attached to an aromatic ring is 1. The molecule has 136 valence electrons. The molecule has 0 unspecified atom stereocenters. The Morgan fingerprint density at radius 3 is 2.69 bits per heavy atom. The number of nitrogens with one attached hydrogen (secondary N) is 1. The van der Waals surface area contributed by atoms with Crippen LogP contribution in [0.2, 0.25) is 0 Å². The van der Waals surface area contributed by atoms with E-state index in [-0.39, 0.29) is 17.5 Å². The molecule has 0 aliphatic carbocycles. The van der Waals surface area contributed by atoms with E-state index in [2.05, 4.69) is 20.3 Å². The first-order chi connectivity index (χ1) is 12.2. The third kappa shape index (κ3) is 3.32. The number of hydrogen-bond donors (Lipinski definition) is 2. The Balaban J connectivity index is 2.24. The average molecular weight is 360 g/mol. The van der Waals surface area contributed by atoms with Gasteiger partial charge >= 0.3 is 5.92 Å². The summed E-state index contributed by atoms with van der Waals surface area (Å²) in [5.74, 6) is -3.60. The summed E-state index contributed by atoms with van der Waals surface area (Å²) in [4.78, 5) is 23.1. The molecule has 0 fully saturated rings. The van der Waals surface area contributed by atoms with Crippen LogP contribution in [0.15, 0.2) is 24.5 Å². The fraction of sp³-hybridized carbons (Fsp3) is 0.294. The van der Waals surface area contributed by atoms with Crippen molar-refractivity contribution in [1.82, 2.24) is 19.5 Å². The van der Waals surface area contributed by atoms with Crippen molar-refractivity contribution in [2.24, 2.45) is 0 Å². The van der Waals surface area contributed by atoms with E-state index in [1.165, 1.54) is 13.0 Å². The van der Waals surface area contributed by atoms with E-state index in [9.17, 15) is 13.6 Å². The lowest BCUT2D eigenvalue weighted by atomic mass is 10.2. The van der Waals surface area contributed by atoms with Crippen LogP contribution in [-0.4, -0.2) is 25.4 Å². The number of fused-ring (bicyclic) bond motifs is 1. The van der Waals surface area contributed by atoms with Gasteiger partial charge in [0.15, 0.2) is 0 Å². The number of halogens is 2. The minimum Gasteiger partial charge on any atom is -0.384 e. The summed E-state index contributed by atoms with van der Waals surface area (Å²) in [6.07, 6.45) is 4.14. The Bertz CT molecular complexity index is 993. The molecule has 0 saturated heterocycles. The zero-order chi connectivity index (χ0) is 19.1. The molecule has 0 saturated carbocycles. The molecule has 1 amide bonds. The van der Waals surface area contributed by atoms with Gasteiger partial charge in [0.25, 0.3) is 0 Å². The number of carbonyl (C=O) groups is 1. The Hall–Kier alpha value is -3.10. The van der Waals surface area contributed by atoms with Gasteiger partial charge in [-0.1, -0.05) is 6.92 Å². The average Bonchev–Trinajstić information content (AvgIpc) is 2.91. The number of nitrogens with two attached hydrogens (primary N) is 1. The zero-order valence-electron chi connectivity index (χ0n) is 14.5. The fourth-order valence-corrected chi connectivity index (χ4v) is 2.68.